The number of amides is 1. The van der Waals surface area contributed by atoms with Gasteiger partial charge in [-0.3, -0.25) is 13.9 Å². The number of carboxylic acid groups (broad SMARTS) is 1. The predicted octanol–water partition coefficient (Wildman–Crippen LogP) is 5.94. The van der Waals surface area contributed by atoms with Gasteiger partial charge < -0.3 is 20.1 Å². The molecule has 12 heteroatoms. The Bertz CT molecular complexity index is 1610. The minimum Gasteiger partial charge on any atom is -0.495 e. The molecule has 214 valence electrons. The van der Waals surface area contributed by atoms with Crippen molar-refractivity contribution in [2.24, 2.45) is 0 Å². The summed E-state index contributed by atoms with van der Waals surface area (Å²) in [5.74, 6) is -0.736. The molecule has 1 aromatic heterocycles. The third kappa shape index (κ3) is 7.53. The molecule has 3 aromatic carbocycles. The molecule has 1 heterocycles. The molecule has 0 aliphatic carbocycles. The fraction of sp³-hybridized carbons (Fsp3) is 0.207. The number of imidazole rings is 1. The van der Waals surface area contributed by atoms with Gasteiger partial charge in [-0.2, -0.15) is 0 Å². The van der Waals surface area contributed by atoms with E-state index in [1.165, 1.54) is 29.7 Å². The molecule has 0 unspecified atom stereocenters. The average Bonchev–Trinajstić information content (AvgIpc) is 3.47. The number of aromatic amines is 1. The van der Waals surface area contributed by atoms with Crippen molar-refractivity contribution < 1.29 is 27.9 Å². The van der Waals surface area contributed by atoms with Crippen LogP contribution in [0, 0.1) is 0 Å². The summed E-state index contributed by atoms with van der Waals surface area (Å²) in [7, 11) is -2.79. The van der Waals surface area contributed by atoms with Crippen molar-refractivity contribution in [3.8, 4) is 17.1 Å². The molecule has 4 rings (SSSR count). The Kier molecular flexibility index (Phi) is 9.79. The number of carbonyl (C=O) groups is 2. The van der Waals surface area contributed by atoms with E-state index >= 15 is 0 Å². The quantitative estimate of drug-likeness (QED) is 0.154. The van der Waals surface area contributed by atoms with Crippen molar-refractivity contribution in [2.75, 3.05) is 23.3 Å². The smallest absolute Gasteiger partial charge is 0.303 e. The van der Waals surface area contributed by atoms with E-state index in [-0.39, 0.29) is 35.0 Å². The highest BCUT2D eigenvalue weighted by Crippen LogP contribution is 2.33. The van der Waals surface area contributed by atoms with Crippen molar-refractivity contribution in [1.29, 1.82) is 0 Å². The summed E-state index contributed by atoms with van der Waals surface area (Å²) in [6.45, 7) is 0.125. The molecular weight excluding hydrogens is 612 g/mol. The molecule has 0 saturated heterocycles. The Morgan fingerprint density at radius 3 is 2.44 bits per heavy atom. The number of sulfonamides is 1. The van der Waals surface area contributed by atoms with E-state index in [4.69, 9.17) is 9.84 Å². The van der Waals surface area contributed by atoms with Gasteiger partial charge in [0.1, 0.15) is 22.2 Å². The maximum atomic E-state index is 14.0. The molecule has 0 radical (unpaired) electrons. The maximum Gasteiger partial charge on any atom is 0.303 e. The van der Waals surface area contributed by atoms with Crippen LogP contribution in [-0.4, -0.2) is 49.0 Å². The molecule has 0 bridgehead atoms. The van der Waals surface area contributed by atoms with Crippen molar-refractivity contribution in [3.63, 3.8) is 0 Å². The average molecular weight is 642 g/mol. The van der Waals surface area contributed by atoms with Gasteiger partial charge in [-0.15, -0.1) is 0 Å². The number of anilines is 2. The van der Waals surface area contributed by atoms with Crippen LogP contribution in [-0.2, 0) is 14.8 Å². The molecule has 41 heavy (non-hydrogen) atoms. The molecule has 0 atom stereocenters. The van der Waals surface area contributed by atoms with E-state index in [0.717, 1.165) is 10.0 Å². The Labute approximate surface area is 246 Å². The number of aromatic nitrogens is 2. The molecule has 4 aromatic rings. The molecule has 0 aliphatic heterocycles. The van der Waals surface area contributed by atoms with Crippen LogP contribution in [0.5, 0.6) is 5.75 Å². The monoisotopic (exact) mass is 640 g/mol. The van der Waals surface area contributed by atoms with Crippen LogP contribution in [0.2, 0.25) is 0 Å². The first-order valence-corrected chi connectivity index (χ1v) is 15.0. The van der Waals surface area contributed by atoms with Gasteiger partial charge in [-0.25, -0.2) is 13.4 Å². The predicted molar refractivity (Wildman–Crippen MR) is 160 cm³/mol. The lowest BCUT2D eigenvalue weighted by Gasteiger charge is -2.26. The highest BCUT2D eigenvalue weighted by molar-refractivity contribution is 9.10. The summed E-state index contributed by atoms with van der Waals surface area (Å²) in [6, 6.07) is 20.6. The van der Waals surface area contributed by atoms with Crippen LogP contribution in [0.25, 0.3) is 11.4 Å². The second-order valence-electron chi connectivity index (χ2n) is 9.09. The second-order valence-corrected chi connectivity index (χ2v) is 11.8. The number of hydrogen-bond acceptors (Lipinski definition) is 6. The number of nitrogens with one attached hydrogen (secondary N) is 2. The van der Waals surface area contributed by atoms with Gasteiger partial charge in [0.2, 0.25) is 0 Å². The largest absolute Gasteiger partial charge is 0.495 e. The van der Waals surface area contributed by atoms with E-state index < -0.39 is 21.9 Å². The fourth-order valence-corrected chi connectivity index (χ4v) is 6.11. The van der Waals surface area contributed by atoms with Crippen LogP contribution < -0.4 is 14.4 Å². The number of rotatable bonds is 13. The molecule has 0 saturated carbocycles. The molecule has 0 aliphatic rings. The van der Waals surface area contributed by atoms with Crippen molar-refractivity contribution in [3.05, 3.63) is 89.2 Å². The molecule has 0 spiro atoms. The molecule has 0 fully saturated rings. The van der Waals surface area contributed by atoms with Crippen LogP contribution in [0.3, 0.4) is 0 Å². The van der Waals surface area contributed by atoms with Crippen LogP contribution in [0.15, 0.2) is 88.4 Å². The lowest BCUT2D eigenvalue weighted by molar-refractivity contribution is -0.137. The molecule has 3 N–H and O–H groups in total. The number of benzene rings is 3. The highest BCUT2D eigenvalue weighted by Gasteiger charge is 2.29. The zero-order chi connectivity index (χ0) is 29.4. The number of nitrogens with zero attached hydrogens (tertiary/aromatic N) is 2. The Hall–Kier alpha value is -4.16. The minimum atomic E-state index is -4.16. The van der Waals surface area contributed by atoms with Crippen molar-refractivity contribution in [2.45, 2.75) is 30.6 Å². The number of carbonyl (C=O) groups excluding carboxylic acids is 1. The second kappa shape index (κ2) is 13.5. The van der Waals surface area contributed by atoms with Crippen LogP contribution >= 0.6 is 15.9 Å². The first-order valence-electron chi connectivity index (χ1n) is 12.8. The number of carboxylic acids is 1. The lowest BCUT2D eigenvalue weighted by atomic mass is 10.2. The van der Waals surface area contributed by atoms with Crippen LogP contribution in [0.1, 0.15) is 36.2 Å². The zero-order valence-electron chi connectivity index (χ0n) is 22.2. The van der Waals surface area contributed by atoms with Crippen molar-refractivity contribution >= 4 is 49.2 Å². The van der Waals surface area contributed by atoms with E-state index in [0.29, 0.717) is 30.8 Å². The van der Waals surface area contributed by atoms with E-state index in [1.807, 2.05) is 30.3 Å². The number of halogens is 1. The number of aliphatic carboxylic acids is 1. The summed E-state index contributed by atoms with van der Waals surface area (Å²) in [6.07, 6.45) is 2.86. The first kappa shape index (κ1) is 29.8. The van der Waals surface area contributed by atoms with E-state index in [2.05, 4.69) is 31.2 Å². The number of methoxy groups -OCH3 is 1. The molecule has 1 amide bonds. The Morgan fingerprint density at radius 1 is 1.02 bits per heavy atom. The van der Waals surface area contributed by atoms with Gasteiger partial charge in [-0.05, 0) is 55.3 Å². The highest BCUT2D eigenvalue weighted by atomic mass is 79.9. The molecular formula is C29H29BrN4O6S. The summed E-state index contributed by atoms with van der Waals surface area (Å²) in [5, 5.41) is 11.6. The Balaban J connectivity index is 1.60. The van der Waals surface area contributed by atoms with Gasteiger partial charge in [0, 0.05) is 28.7 Å². The van der Waals surface area contributed by atoms with Gasteiger partial charge >= 0.3 is 5.97 Å². The summed E-state index contributed by atoms with van der Waals surface area (Å²) in [5.41, 5.74) is 1.72. The number of H-pyrrole nitrogens is 1. The summed E-state index contributed by atoms with van der Waals surface area (Å²) in [4.78, 5) is 31.0. The SMILES string of the molecule is COc1ccc(NC(=O)c2cnc(-c3ccccc3)[nH]2)cc1S(=O)(=O)N(CCCCCC(=O)O)c1ccc(Br)cc1. The third-order valence-electron chi connectivity index (χ3n) is 6.22. The van der Waals surface area contributed by atoms with Gasteiger partial charge in [0.25, 0.3) is 15.9 Å². The first-order chi connectivity index (χ1) is 19.7. The summed E-state index contributed by atoms with van der Waals surface area (Å²) >= 11 is 3.38. The van der Waals surface area contributed by atoms with Gasteiger partial charge in [0.05, 0.1) is 19.0 Å². The zero-order valence-corrected chi connectivity index (χ0v) is 24.6. The van der Waals surface area contributed by atoms with Crippen molar-refractivity contribution in [1.82, 2.24) is 9.97 Å². The van der Waals surface area contributed by atoms with E-state index in [9.17, 15) is 18.0 Å². The maximum absolute atomic E-state index is 14.0. The van der Waals surface area contributed by atoms with E-state index in [1.54, 1.807) is 30.3 Å². The van der Waals surface area contributed by atoms with Crippen LogP contribution in [0.4, 0.5) is 11.4 Å². The number of hydrogen-bond donors (Lipinski definition) is 3. The normalized spacial score (nSPS) is 11.2. The Morgan fingerprint density at radius 2 is 1.76 bits per heavy atom. The fourth-order valence-electron chi connectivity index (χ4n) is 4.16. The summed E-state index contributed by atoms with van der Waals surface area (Å²) < 4.78 is 35.6. The lowest BCUT2D eigenvalue weighted by Crippen LogP contribution is -2.32. The van der Waals surface area contributed by atoms with Gasteiger partial charge in [0.15, 0.2) is 0 Å². The molecule has 10 nitrogen and oxygen atoms in total. The minimum absolute atomic E-state index is 0.0176. The van der Waals surface area contributed by atoms with Gasteiger partial charge in [-0.1, -0.05) is 52.7 Å². The topological polar surface area (TPSA) is 142 Å². The third-order valence-corrected chi connectivity index (χ3v) is 8.60. The number of ether oxygens (including phenoxy) is 1. The number of unbranched alkanes of at least 4 members (excludes halogenated alkanes) is 2. The standard InChI is InChI=1S/C29H29BrN4O6S/c1-40-25-16-13-22(32-29(37)24-19-31-28(33-24)20-8-4-2-5-9-20)18-26(25)41(38,39)34(17-7-3-6-10-27(35)36)23-14-11-21(30)12-15-23/h2,4-5,8-9,11-16,18-19H,3,6-7,10,17H2,1H3,(H,31,33)(H,32,37)(H,35,36).